The van der Waals surface area contributed by atoms with Crippen molar-refractivity contribution >= 4 is 43.5 Å². The normalized spacial score (nSPS) is 11.9. The highest BCUT2D eigenvalue weighted by Crippen LogP contribution is 2.35. The van der Waals surface area contributed by atoms with Gasteiger partial charge in [0, 0.05) is 16.2 Å². The number of fused-ring (bicyclic) bond motifs is 6. The van der Waals surface area contributed by atoms with E-state index in [1.807, 2.05) is 0 Å². The van der Waals surface area contributed by atoms with Crippen LogP contribution in [0.4, 0.5) is 0 Å². The third-order valence-corrected chi connectivity index (χ3v) is 4.47. The zero-order valence-electron chi connectivity index (χ0n) is 12.3. The molecule has 0 bridgehead atoms. The summed E-state index contributed by atoms with van der Waals surface area (Å²) >= 11 is 0. The molecule has 0 atom stereocenters. The summed E-state index contributed by atoms with van der Waals surface area (Å²) in [6.45, 7) is 2.12. The van der Waals surface area contributed by atoms with Crippen molar-refractivity contribution in [3.05, 3.63) is 72.3 Å². The van der Waals surface area contributed by atoms with Crippen molar-refractivity contribution in [2.75, 3.05) is 0 Å². The predicted molar refractivity (Wildman–Crippen MR) is 93.5 cm³/mol. The average Bonchev–Trinajstić information content (AvgIpc) is 2.91. The number of hydrogen-bond donors (Lipinski definition) is 0. The molecule has 22 heavy (non-hydrogen) atoms. The van der Waals surface area contributed by atoms with Crippen LogP contribution in [0.1, 0.15) is 5.56 Å². The van der Waals surface area contributed by atoms with Gasteiger partial charge in [0.1, 0.15) is 11.2 Å². The molecule has 0 saturated heterocycles. The van der Waals surface area contributed by atoms with Crippen LogP contribution in [0.2, 0.25) is 0 Å². The highest BCUT2D eigenvalue weighted by atomic mass is 16.3. The topological polar surface area (TPSA) is 13.1 Å². The maximum absolute atomic E-state index is 6.17. The van der Waals surface area contributed by atoms with E-state index in [1.54, 1.807) is 0 Å². The molecule has 4 aromatic carbocycles. The van der Waals surface area contributed by atoms with E-state index in [4.69, 9.17) is 4.42 Å². The van der Waals surface area contributed by atoms with Gasteiger partial charge in [0.05, 0.1) is 0 Å². The van der Waals surface area contributed by atoms with Gasteiger partial charge < -0.3 is 4.42 Å². The molecular weight excluding hydrogens is 268 g/mol. The van der Waals surface area contributed by atoms with Gasteiger partial charge in [-0.1, -0.05) is 42.0 Å². The fraction of sp³-hybridized carbons (Fsp3) is 0.0476. The van der Waals surface area contributed by atoms with Crippen molar-refractivity contribution in [3.8, 4) is 0 Å². The predicted octanol–water partition coefficient (Wildman–Crippen LogP) is 6.20. The third kappa shape index (κ3) is 1.54. The second-order valence-electron chi connectivity index (χ2n) is 5.96. The van der Waals surface area contributed by atoms with Gasteiger partial charge in [0.25, 0.3) is 0 Å². The van der Waals surface area contributed by atoms with Gasteiger partial charge >= 0.3 is 0 Å². The minimum atomic E-state index is 0.959. The molecule has 104 valence electrons. The van der Waals surface area contributed by atoms with E-state index in [1.165, 1.54) is 37.9 Å². The summed E-state index contributed by atoms with van der Waals surface area (Å²) in [7, 11) is 0. The fourth-order valence-electron chi connectivity index (χ4n) is 3.36. The Labute approximate surface area is 127 Å². The largest absolute Gasteiger partial charge is 0.455 e. The second-order valence-corrected chi connectivity index (χ2v) is 5.96. The monoisotopic (exact) mass is 282 g/mol. The smallest absolute Gasteiger partial charge is 0.143 e. The molecule has 5 aromatic rings. The summed E-state index contributed by atoms with van der Waals surface area (Å²) in [5, 5.41) is 7.32. The van der Waals surface area contributed by atoms with Crippen LogP contribution in [-0.2, 0) is 0 Å². The first-order valence-electron chi connectivity index (χ1n) is 7.54. The van der Waals surface area contributed by atoms with Gasteiger partial charge in [-0.3, -0.25) is 0 Å². The highest BCUT2D eigenvalue weighted by molar-refractivity contribution is 6.17. The molecule has 0 aliphatic heterocycles. The molecule has 5 rings (SSSR count). The van der Waals surface area contributed by atoms with E-state index in [9.17, 15) is 0 Å². The third-order valence-electron chi connectivity index (χ3n) is 4.47. The lowest BCUT2D eigenvalue weighted by molar-refractivity contribution is 0.672. The molecule has 1 aromatic heterocycles. The van der Waals surface area contributed by atoms with Gasteiger partial charge in [-0.15, -0.1) is 0 Å². The quantitative estimate of drug-likeness (QED) is 0.308. The molecule has 0 fully saturated rings. The molecule has 0 radical (unpaired) electrons. The molecule has 1 heteroatoms. The number of aryl methyl sites for hydroxylation is 1. The summed E-state index contributed by atoms with van der Waals surface area (Å²) in [6, 6.07) is 23.7. The van der Waals surface area contributed by atoms with Crippen LogP contribution in [0, 0.1) is 6.92 Å². The zero-order chi connectivity index (χ0) is 14.7. The summed E-state index contributed by atoms with van der Waals surface area (Å²) < 4.78 is 6.17. The maximum Gasteiger partial charge on any atom is 0.143 e. The van der Waals surface area contributed by atoms with Gasteiger partial charge in [-0.05, 0) is 53.4 Å². The molecule has 0 N–H and O–H groups in total. The number of rotatable bonds is 0. The first-order chi connectivity index (χ1) is 10.8. The van der Waals surface area contributed by atoms with Crippen LogP contribution in [0.15, 0.2) is 71.1 Å². The van der Waals surface area contributed by atoms with Gasteiger partial charge in [0.15, 0.2) is 0 Å². The Morgan fingerprint density at radius 3 is 2.32 bits per heavy atom. The first kappa shape index (κ1) is 11.8. The van der Waals surface area contributed by atoms with Gasteiger partial charge in [0.2, 0.25) is 0 Å². The van der Waals surface area contributed by atoms with Crippen LogP contribution in [0.25, 0.3) is 43.5 Å². The maximum atomic E-state index is 6.17. The molecule has 0 unspecified atom stereocenters. The molecule has 0 saturated carbocycles. The van der Waals surface area contributed by atoms with E-state index in [0.29, 0.717) is 0 Å². The van der Waals surface area contributed by atoms with Crippen LogP contribution in [0.5, 0.6) is 0 Å². The Morgan fingerprint density at radius 1 is 0.636 bits per heavy atom. The average molecular weight is 282 g/mol. The second kappa shape index (κ2) is 4.11. The van der Waals surface area contributed by atoms with Crippen LogP contribution in [-0.4, -0.2) is 0 Å². The molecule has 0 spiro atoms. The lowest BCUT2D eigenvalue weighted by atomic mass is 10.0. The minimum Gasteiger partial charge on any atom is -0.455 e. The van der Waals surface area contributed by atoms with Crippen molar-refractivity contribution < 1.29 is 4.42 Å². The molecule has 0 amide bonds. The Hall–Kier alpha value is -2.80. The minimum absolute atomic E-state index is 0.959. The van der Waals surface area contributed by atoms with E-state index in [0.717, 1.165) is 11.2 Å². The van der Waals surface area contributed by atoms with Crippen molar-refractivity contribution in [3.63, 3.8) is 0 Å². The number of hydrogen-bond acceptors (Lipinski definition) is 1. The molecular formula is C21H14O. The lowest BCUT2D eigenvalue weighted by Gasteiger charge is -2.02. The standard InChI is InChI=1S/C21H14O/c1-13-6-9-20-19(10-13)17-8-7-16-11-14-4-2-3-5-15(14)12-18(16)21(17)22-20/h2-12H,1H3. The van der Waals surface area contributed by atoms with Gasteiger partial charge in [-0.25, -0.2) is 0 Å². The van der Waals surface area contributed by atoms with Crippen molar-refractivity contribution in [2.24, 2.45) is 0 Å². The first-order valence-corrected chi connectivity index (χ1v) is 7.54. The molecule has 1 heterocycles. The number of furan rings is 1. The SMILES string of the molecule is Cc1ccc2oc3c4cc5ccccc5cc4ccc3c2c1. The Morgan fingerprint density at radius 2 is 1.45 bits per heavy atom. The fourth-order valence-corrected chi connectivity index (χ4v) is 3.36. The Bertz CT molecular complexity index is 1180. The van der Waals surface area contributed by atoms with E-state index >= 15 is 0 Å². The summed E-state index contributed by atoms with van der Waals surface area (Å²) in [5.41, 5.74) is 3.21. The van der Waals surface area contributed by atoms with Gasteiger partial charge in [-0.2, -0.15) is 0 Å². The van der Waals surface area contributed by atoms with Crippen molar-refractivity contribution in [1.82, 2.24) is 0 Å². The highest BCUT2D eigenvalue weighted by Gasteiger charge is 2.10. The number of benzene rings is 4. The Balaban J connectivity index is 2.02. The van der Waals surface area contributed by atoms with E-state index in [-0.39, 0.29) is 0 Å². The summed E-state index contributed by atoms with van der Waals surface area (Å²) in [4.78, 5) is 0. The van der Waals surface area contributed by atoms with Crippen LogP contribution in [0.3, 0.4) is 0 Å². The van der Waals surface area contributed by atoms with E-state index < -0.39 is 0 Å². The van der Waals surface area contributed by atoms with Crippen molar-refractivity contribution in [1.29, 1.82) is 0 Å². The zero-order valence-corrected chi connectivity index (χ0v) is 12.3. The van der Waals surface area contributed by atoms with Crippen LogP contribution >= 0.6 is 0 Å². The van der Waals surface area contributed by atoms with Crippen LogP contribution < -0.4 is 0 Å². The summed E-state index contributed by atoms with van der Waals surface area (Å²) in [5.74, 6) is 0. The van der Waals surface area contributed by atoms with Crippen molar-refractivity contribution in [2.45, 2.75) is 6.92 Å². The summed E-state index contributed by atoms with van der Waals surface area (Å²) in [6.07, 6.45) is 0. The Kier molecular flexibility index (Phi) is 2.21. The van der Waals surface area contributed by atoms with E-state index in [2.05, 4.69) is 73.7 Å². The molecule has 0 aliphatic carbocycles. The lowest BCUT2D eigenvalue weighted by Crippen LogP contribution is -1.77. The molecule has 0 aliphatic rings. The molecule has 1 nitrogen and oxygen atoms in total.